The van der Waals surface area contributed by atoms with E-state index in [-0.39, 0.29) is 12.1 Å². The van der Waals surface area contributed by atoms with Crippen molar-refractivity contribution in [3.63, 3.8) is 0 Å². The summed E-state index contributed by atoms with van der Waals surface area (Å²) in [6.07, 6.45) is 3.68. The highest BCUT2D eigenvalue weighted by atomic mass is 35.5. The lowest BCUT2D eigenvalue weighted by Crippen LogP contribution is -2.22. The molecule has 0 aliphatic heterocycles. The third kappa shape index (κ3) is 3.31. The maximum atomic E-state index is 6.00. The van der Waals surface area contributed by atoms with Crippen molar-refractivity contribution >= 4 is 11.6 Å². The molecule has 0 aliphatic carbocycles. The van der Waals surface area contributed by atoms with Gasteiger partial charge in [0.15, 0.2) is 0 Å². The molecule has 1 unspecified atom stereocenters. The van der Waals surface area contributed by atoms with E-state index in [2.05, 4.69) is 36.3 Å². The normalized spacial score (nSPS) is 14.2. The van der Waals surface area contributed by atoms with Crippen molar-refractivity contribution in [2.75, 3.05) is 0 Å². The fourth-order valence-corrected chi connectivity index (χ4v) is 2.17. The van der Waals surface area contributed by atoms with Crippen molar-refractivity contribution in [1.82, 2.24) is 10.3 Å². The van der Waals surface area contributed by atoms with Gasteiger partial charge in [-0.15, -0.1) is 0 Å². The van der Waals surface area contributed by atoms with Crippen LogP contribution in [0.2, 0.25) is 5.02 Å². The van der Waals surface area contributed by atoms with E-state index in [9.17, 15) is 0 Å². The van der Waals surface area contributed by atoms with Crippen LogP contribution in [0.25, 0.3) is 0 Å². The smallest absolute Gasteiger partial charge is 0.0409 e. The quantitative estimate of drug-likeness (QED) is 0.893. The van der Waals surface area contributed by atoms with E-state index < -0.39 is 0 Å². The van der Waals surface area contributed by atoms with Gasteiger partial charge in [-0.2, -0.15) is 0 Å². The Bertz CT molecular complexity index is 499. The van der Waals surface area contributed by atoms with Crippen molar-refractivity contribution in [2.45, 2.75) is 25.9 Å². The molecule has 0 bridgehead atoms. The highest BCUT2D eigenvalue weighted by Gasteiger charge is 2.11. The molecule has 2 atom stereocenters. The van der Waals surface area contributed by atoms with Gasteiger partial charge < -0.3 is 5.32 Å². The van der Waals surface area contributed by atoms with Crippen LogP contribution < -0.4 is 5.32 Å². The first-order chi connectivity index (χ1) is 8.66. The Balaban J connectivity index is 2.05. The first-order valence-corrected chi connectivity index (χ1v) is 6.46. The van der Waals surface area contributed by atoms with E-state index in [1.807, 2.05) is 30.5 Å². The lowest BCUT2D eigenvalue weighted by Gasteiger charge is -2.20. The highest BCUT2D eigenvalue weighted by molar-refractivity contribution is 6.30. The van der Waals surface area contributed by atoms with E-state index in [1.165, 1.54) is 11.1 Å². The first-order valence-electron chi connectivity index (χ1n) is 6.08. The number of benzene rings is 1. The number of pyridine rings is 1. The van der Waals surface area contributed by atoms with Crippen molar-refractivity contribution < 1.29 is 0 Å². The molecule has 0 radical (unpaired) electrons. The zero-order valence-electron chi connectivity index (χ0n) is 10.6. The number of rotatable bonds is 4. The van der Waals surface area contributed by atoms with E-state index in [0.717, 1.165) is 5.02 Å². The summed E-state index contributed by atoms with van der Waals surface area (Å²) in [4.78, 5) is 4.14. The van der Waals surface area contributed by atoms with E-state index in [1.54, 1.807) is 6.20 Å². The molecule has 2 rings (SSSR count). The lowest BCUT2D eigenvalue weighted by molar-refractivity contribution is 0.494. The third-order valence-corrected chi connectivity index (χ3v) is 3.27. The summed E-state index contributed by atoms with van der Waals surface area (Å²) in [5.74, 6) is 0. The van der Waals surface area contributed by atoms with Gasteiger partial charge in [-0.3, -0.25) is 4.98 Å². The van der Waals surface area contributed by atoms with E-state index in [4.69, 9.17) is 11.6 Å². The second-order valence-corrected chi connectivity index (χ2v) is 4.89. The highest BCUT2D eigenvalue weighted by Crippen LogP contribution is 2.21. The minimum Gasteiger partial charge on any atom is -0.304 e. The van der Waals surface area contributed by atoms with Crippen LogP contribution >= 0.6 is 11.6 Å². The summed E-state index contributed by atoms with van der Waals surface area (Å²) < 4.78 is 0. The molecule has 3 heteroatoms. The average molecular weight is 261 g/mol. The monoisotopic (exact) mass is 260 g/mol. The summed E-state index contributed by atoms with van der Waals surface area (Å²) in [6.45, 7) is 4.27. The van der Waals surface area contributed by atoms with Crippen LogP contribution in [0.4, 0.5) is 0 Å². The van der Waals surface area contributed by atoms with Crippen molar-refractivity contribution in [3.05, 3.63) is 64.9 Å². The van der Waals surface area contributed by atoms with Gasteiger partial charge in [0.2, 0.25) is 0 Å². The molecule has 1 heterocycles. The molecule has 0 fully saturated rings. The summed E-state index contributed by atoms with van der Waals surface area (Å²) >= 11 is 6.00. The molecule has 1 N–H and O–H groups in total. The first kappa shape index (κ1) is 13.1. The molecule has 94 valence electrons. The van der Waals surface area contributed by atoms with Gasteiger partial charge in [0.05, 0.1) is 0 Å². The van der Waals surface area contributed by atoms with Crippen molar-refractivity contribution in [2.24, 2.45) is 0 Å². The number of halogens is 1. The Hall–Kier alpha value is -1.38. The Morgan fingerprint density at radius 3 is 2.44 bits per heavy atom. The van der Waals surface area contributed by atoms with Crippen LogP contribution in [0.5, 0.6) is 0 Å². The molecule has 18 heavy (non-hydrogen) atoms. The number of aromatic nitrogens is 1. The molecule has 2 aromatic rings. The Kier molecular flexibility index (Phi) is 4.34. The number of nitrogens with zero attached hydrogens (tertiary/aromatic N) is 1. The van der Waals surface area contributed by atoms with E-state index in [0.29, 0.717) is 0 Å². The molecule has 0 saturated heterocycles. The van der Waals surface area contributed by atoms with Crippen molar-refractivity contribution in [1.29, 1.82) is 0 Å². The van der Waals surface area contributed by atoms with Gasteiger partial charge in [0, 0.05) is 29.5 Å². The fraction of sp³-hybridized carbons (Fsp3) is 0.267. The van der Waals surface area contributed by atoms with Crippen LogP contribution in [-0.2, 0) is 0 Å². The topological polar surface area (TPSA) is 24.9 Å². The van der Waals surface area contributed by atoms with Gasteiger partial charge in [0.1, 0.15) is 0 Å². The van der Waals surface area contributed by atoms with E-state index >= 15 is 0 Å². The largest absolute Gasteiger partial charge is 0.304 e. The van der Waals surface area contributed by atoms with Gasteiger partial charge >= 0.3 is 0 Å². The predicted octanol–water partition coefficient (Wildman–Crippen LogP) is 4.15. The minimum atomic E-state index is 0.249. The Labute approximate surface area is 113 Å². The SMILES string of the molecule is CC(N[C@@H](C)c1cccc(Cl)c1)c1cccnc1. The lowest BCUT2D eigenvalue weighted by atomic mass is 10.1. The number of hydrogen-bond donors (Lipinski definition) is 1. The third-order valence-electron chi connectivity index (χ3n) is 3.03. The van der Waals surface area contributed by atoms with Crippen molar-refractivity contribution in [3.8, 4) is 0 Å². The maximum Gasteiger partial charge on any atom is 0.0409 e. The van der Waals surface area contributed by atoms with Gasteiger partial charge in [0.25, 0.3) is 0 Å². The zero-order valence-corrected chi connectivity index (χ0v) is 11.4. The second-order valence-electron chi connectivity index (χ2n) is 4.45. The molecule has 0 amide bonds. The van der Waals surface area contributed by atoms with Gasteiger partial charge in [-0.25, -0.2) is 0 Å². The average Bonchev–Trinajstić information content (AvgIpc) is 2.39. The molecule has 1 aromatic heterocycles. The molecule has 1 aromatic carbocycles. The van der Waals surface area contributed by atoms with Crippen LogP contribution in [0.3, 0.4) is 0 Å². The van der Waals surface area contributed by atoms with Gasteiger partial charge in [-0.05, 0) is 43.2 Å². The maximum absolute atomic E-state index is 6.00. The second kappa shape index (κ2) is 5.98. The molecular formula is C15H17ClN2. The Morgan fingerprint density at radius 2 is 1.78 bits per heavy atom. The molecule has 0 saturated carbocycles. The van der Waals surface area contributed by atoms with Crippen LogP contribution in [0, 0.1) is 0 Å². The number of hydrogen-bond acceptors (Lipinski definition) is 2. The Morgan fingerprint density at radius 1 is 1.06 bits per heavy atom. The molecular weight excluding hydrogens is 244 g/mol. The summed E-state index contributed by atoms with van der Waals surface area (Å²) in [5.41, 5.74) is 2.38. The van der Waals surface area contributed by atoms with Crippen LogP contribution in [0.15, 0.2) is 48.8 Å². The predicted molar refractivity (Wildman–Crippen MR) is 75.7 cm³/mol. The zero-order chi connectivity index (χ0) is 13.0. The van der Waals surface area contributed by atoms with Crippen LogP contribution in [-0.4, -0.2) is 4.98 Å². The molecule has 0 aliphatic rings. The number of nitrogens with one attached hydrogen (secondary N) is 1. The summed E-state index contributed by atoms with van der Waals surface area (Å²) in [6, 6.07) is 12.5. The fourth-order valence-electron chi connectivity index (χ4n) is 1.98. The van der Waals surface area contributed by atoms with Crippen LogP contribution in [0.1, 0.15) is 37.1 Å². The minimum absolute atomic E-state index is 0.249. The standard InChI is InChI=1S/C15H17ClN2/c1-11(13-5-3-7-15(16)9-13)18-12(2)14-6-4-8-17-10-14/h3-12,18H,1-2H3/t11-,12?/m0/s1. The summed E-state index contributed by atoms with van der Waals surface area (Å²) in [5, 5.41) is 4.31. The molecule has 2 nitrogen and oxygen atoms in total. The molecule has 0 spiro atoms. The summed E-state index contributed by atoms with van der Waals surface area (Å²) in [7, 11) is 0. The van der Waals surface area contributed by atoms with Gasteiger partial charge in [-0.1, -0.05) is 29.8 Å².